The van der Waals surface area contributed by atoms with E-state index in [0.29, 0.717) is 16.5 Å². The third-order valence-corrected chi connectivity index (χ3v) is 8.08. The molecule has 1 aliphatic rings. The SMILES string of the molecule is Cc1nc(N(C)C(=O)Nc2ccc(-c3ccccc3)cc2)sc1S(=O)(=O)NC1CC1. The van der Waals surface area contributed by atoms with Crippen molar-refractivity contribution in [3.63, 3.8) is 0 Å². The fourth-order valence-electron chi connectivity index (χ4n) is 2.91. The molecule has 0 saturated heterocycles. The van der Waals surface area contributed by atoms with E-state index in [1.807, 2.05) is 54.6 Å². The number of hydrogen-bond acceptors (Lipinski definition) is 5. The average molecular weight is 443 g/mol. The molecule has 1 saturated carbocycles. The van der Waals surface area contributed by atoms with E-state index in [4.69, 9.17) is 0 Å². The van der Waals surface area contributed by atoms with Gasteiger partial charge in [0.1, 0.15) is 0 Å². The molecule has 0 aliphatic heterocycles. The van der Waals surface area contributed by atoms with Gasteiger partial charge in [0.05, 0.1) is 5.69 Å². The number of benzene rings is 2. The summed E-state index contributed by atoms with van der Waals surface area (Å²) in [6, 6.07) is 17.1. The molecule has 0 spiro atoms. The van der Waals surface area contributed by atoms with Crippen LogP contribution in [0.2, 0.25) is 0 Å². The predicted octanol–water partition coefficient (Wildman–Crippen LogP) is 4.23. The third kappa shape index (κ3) is 4.53. The van der Waals surface area contributed by atoms with Crippen LogP contribution in [0.25, 0.3) is 11.1 Å². The number of sulfonamides is 1. The van der Waals surface area contributed by atoms with Crippen LogP contribution in [0.15, 0.2) is 58.8 Å². The van der Waals surface area contributed by atoms with E-state index in [-0.39, 0.29) is 10.3 Å². The molecule has 1 aliphatic carbocycles. The summed E-state index contributed by atoms with van der Waals surface area (Å²) in [6.07, 6.45) is 1.71. The molecule has 1 fully saturated rings. The highest BCUT2D eigenvalue weighted by atomic mass is 32.2. The molecule has 2 amide bonds. The van der Waals surface area contributed by atoms with Crippen molar-refractivity contribution in [2.75, 3.05) is 17.3 Å². The topological polar surface area (TPSA) is 91.4 Å². The van der Waals surface area contributed by atoms with Gasteiger partial charge in [-0.15, -0.1) is 0 Å². The van der Waals surface area contributed by atoms with Crippen molar-refractivity contribution < 1.29 is 13.2 Å². The van der Waals surface area contributed by atoms with Crippen LogP contribution in [0.5, 0.6) is 0 Å². The molecule has 3 aromatic rings. The third-order valence-electron chi connectivity index (χ3n) is 4.72. The second-order valence-corrected chi connectivity index (χ2v) is 10.1. The molecule has 156 valence electrons. The minimum Gasteiger partial charge on any atom is -0.307 e. The Hall–Kier alpha value is -2.75. The van der Waals surface area contributed by atoms with Crippen molar-refractivity contribution in [3.05, 3.63) is 60.3 Å². The summed E-state index contributed by atoms with van der Waals surface area (Å²) in [4.78, 5) is 18.2. The van der Waals surface area contributed by atoms with Gasteiger partial charge < -0.3 is 5.32 Å². The van der Waals surface area contributed by atoms with Gasteiger partial charge in [0.25, 0.3) is 10.0 Å². The van der Waals surface area contributed by atoms with E-state index in [1.165, 1.54) is 4.90 Å². The lowest BCUT2D eigenvalue weighted by molar-refractivity contribution is 0.258. The zero-order chi connectivity index (χ0) is 21.3. The van der Waals surface area contributed by atoms with Crippen LogP contribution in [0.3, 0.4) is 0 Å². The van der Waals surface area contributed by atoms with E-state index < -0.39 is 16.1 Å². The number of nitrogens with zero attached hydrogens (tertiary/aromatic N) is 2. The van der Waals surface area contributed by atoms with Gasteiger partial charge >= 0.3 is 6.03 Å². The molecule has 4 rings (SSSR count). The Bertz CT molecular complexity index is 1150. The Morgan fingerprint density at radius 3 is 2.33 bits per heavy atom. The summed E-state index contributed by atoms with van der Waals surface area (Å²) in [7, 11) is -2.04. The zero-order valence-corrected chi connectivity index (χ0v) is 18.3. The van der Waals surface area contributed by atoms with Gasteiger partial charge in [-0.1, -0.05) is 53.8 Å². The molecule has 1 aromatic heterocycles. The van der Waals surface area contributed by atoms with E-state index in [2.05, 4.69) is 15.0 Å². The van der Waals surface area contributed by atoms with E-state index in [9.17, 15) is 13.2 Å². The Kier molecular flexibility index (Phi) is 5.59. The van der Waals surface area contributed by atoms with Gasteiger partial charge in [0.15, 0.2) is 9.34 Å². The van der Waals surface area contributed by atoms with Crippen LogP contribution in [-0.2, 0) is 10.0 Å². The second kappa shape index (κ2) is 8.17. The van der Waals surface area contributed by atoms with Crippen molar-refractivity contribution in [2.24, 2.45) is 0 Å². The average Bonchev–Trinajstić information content (AvgIpc) is 3.45. The first-order valence-corrected chi connectivity index (χ1v) is 11.8. The number of urea groups is 1. The number of aromatic nitrogens is 1. The largest absolute Gasteiger partial charge is 0.327 e. The summed E-state index contributed by atoms with van der Waals surface area (Å²) in [6.45, 7) is 1.63. The molecule has 0 bridgehead atoms. The number of carbonyl (C=O) groups is 1. The maximum Gasteiger partial charge on any atom is 0.327 e. The Labute approximate surface area is 179 Å². The molecule has 2 aromatic carbocycles. The quantitative estimate of drug-likeness (QED) is 0.598. The van der Waals surface area contributed by atoms with Gasteiger partial charge in [-0.3, -0.25) is 4.90 Å². The van der Waals surface area contributed by atoms with Crippen LogP contribution in [0, 0.1) is 6.92 Å². The Morgan fingerprint density at radius 2 is 1.70 bits per heavy atom. The number of carbonyl (C=O) groups excluding carboxylic acids is 1. The highest BCUT2D eigenvalue weighted by Gasteiger charge is 2.31. The molecule has 1 heterocycles. The number of amides is 2. The molecule has 9 heteroatoms. The lowest BCUT2D eigenvalue weighted by Crippen LogP contribution is -2.31. The normalized spacial score (nSPS) is 13.8. The van der Waals surface area contributed by atoms with Crippen molar-refractivity contribution >= 4 is 38.2 Å². The number of anilines is 2. The van der Waals surface area contributed by atoms with Gasteiger partial charge in [-0.2, -0.15) is 0 Å². The monoisotopic (exact) mass is 442 g/mol. The molecule has 0 atom stereocenters. The fraction of sp³-hybridized carbons (Fsp3) is 0.238. The number of aryl methyl sites for hydroxylation is 1. The van der Waals surface area contributed by atoms with Crippen molar-refractivity contribution in [1.82, 2.24) is 9.71 Å². The maximum absolute atomic E-state index is 12.6. The van der Waals surface area contributed by atoms with Gasteiger partial charge in [0.2, 0.25) is 0 Å². The lowest BCUT2D eigenvalue weighted by Gasteiger charge is -2.15. The van der Waals surface area contributed by atoms with E-state index in [0.717, 1.165) is 35.3 Å². The summed E-state index contributed by atoms with van der Waals surface area (Å²) in [5, 5.41) is 3.14. The fourth-order valence-corrected chi connectivity index (χ4v) is 5.69. The minimum absolute atomic E-state index is 0.0137. The van der Waals surface area contributed by atoms with Crippen LogP contribution >= 0.6 is 11.3 Å². The van der Waals surface area contributed by atoms with Crippen LogP contribution < -0.4 is 14.9 Å². The van der Waals surface area contributed by atoms with Crippen molar-refractivity contribution in [2.45, 2.75) is 30.0 Å². The zero-order valence-electron chi connectivity index (χ0n) is 16.6. The molecule has 0 unspecified atom stereocenters. The highest BCUT2D eigenvalue weighted by Crippen LogP contribution is 2.31. The molecule has 2 N–H and O–H groups in total. The maximum atomic E-state index is 12.6. The van der Waals surface area contributed by atoms with Crippen molar-refractivity contribution in [1.29, 1.82) is 0 Å². The number of nitrogens with one attached hydrogen (secondary N) is 2. The van der Waals surface area contributed by atoms with Crippen LogP contribution in [0.4, 0.5) is 15.6 Å². The summed E-state index contributed by atoms with van der Waals surface area (Å²) < 4.78 is 27.8. The molecule has 7 nitrogen and oxygen atoms in total. The van der Waals surface area contributed by atoms with Crippen LogP contribution in [-0.4, -0.2) is 32.5 Å². The minimum atomic E-state index is -3.61. The standard InChI is InChI=1S/C21H22N4O3S2/c1-14-19(30(27,28)24-18-12-13-18)29-21(22-14)25(2)20(26)23-17-10-8-16(9-11-17)15-6-4-3-5-7-15/h3-11,18,24H,12-13H2,1-2H3,(H,23,26). The number of thiazole rings is 1. The van der Waals surface area contributed by atoms with Gasteiger partial charge in [-0.05, 0) is 43.0 Å². The van der Waals surface area contributed by atoms with Gasteiger partial charge in [-0.25, -0.2) is 22.9 Å². The number of rotatable bonds is 6. The summed E-state index contributed by atoms with van der Waals surface area (Å²) in [5.41, 5.74) is 3.17. The smallest absolute Gasteiger partial charge is 0.307 e. The van der Waals surface area contributed by atoms with Crippen LogP contribution in [0.1, 0.15) is 18.5 Å². The Morgan fingerprint density at radius 1 is 1.07 bits per heavy atom. The summed E-state index contributed by atoms with van der Waals surface area (Å²) >= 11 is 0.986. The first-order valence-electron chi connectivity index (χ1n) is 9.53. The summed E-state index contributed by atoms with van der Waals surface area (Å²) in [5.74, 6) is 0. The first kappa shape index (κ1) is 20.5. The second-order valence-electron chi connectivity index (χ2n) is 7.20. The first-order chi connectivity index (χ1) is 14.3. The predicted molar refractivity (Wildman–Crippen MR) is 119 cm³/mol. The molecular formula is C21H22N4O3S2. The number of hydrogen-bond donors (Lipinski definition) is 2. The lowest BCUT2D eigenvalue weighted by atomic mass is 10.1. The molecule has 30 heavy (non-hydrogen) atoms. The Balaban J connectivity index is 1.45. The van der Waals surface area contributed by atoms with E-state index in [1.54, 1.807) is 14.0 Å². The van der Waals surface area contributed by atoms with Crippen molar-refractivity contribution in [3.8, 4) is 11.1 Å². The highest BCUT2D eigenvalue weighted by molar-refractivity contribution is 7.91. The molecular weight excluding hydrogens is 420 g/mol. The molecule has 0 radical (unpaired) electrons. The van der Waals surface area contributed by atoms with E-state index >= 15 is 0 Å². The van der Waals surface area contributed by atoms with Gasteiger partial charge in [0, 0.05) is 18.8 Å².